The maximum Gasteiger partial charge on any atom is 0.422 e. The summed E-state index contributed by atoms with van der Waals surface area (Å²) in [4.78, 5) is 34.1. The van der Waals surface area contributed by atoms with Crippen molar-refractivity contribution in [2.75, 3.05) is 6.61 Å². The summed E-state index contributed by atoms with van der Waals surface area (Å²) in [5, 5.41) is 8.01. The number of aliphatic carboxylic acids is 1. The number of halogens is 3. The van der Waals surface area contributed by atoms with E-state index >= 15 is 0 Å². The zero-order valence-corrected chi connectivity index (χ0v) is 14.5. The van der Waals surface area contributed by atoms with Gasteiger partial charge in [0.15, 0.2) is 5.75 Å². The van der Waals surface area contributed by atoms with Crippen molar-refractivity contribution in [3.8, 4) is 5.75 Å². The van der Waals surface area contributed by atoms with Crippen molar-refractivity contribution in [2.24, 2.45) is 5.92 Å². The molecule has 0 fully saturated rings. The molecule has 1 aromatic carbocycles. The zero-order valence-electron chi connectivity index (χ0n) is 12.2. The highest BCUT2D eigenvalue weighted by atomic mass is 35.5. The number of hydrogen-bond donors (Lipinski definition) is 1. The molecule has 1 aromatic rings. The third-order valence-corrected chi connectivity index (χ3v) is 3.97. The molecule has 1 rings (SSSR count). The topological polar surface area (TPSA) is 89.9 Å². The van der Waals surface area contributed by atoms with Crippen LogP contribution in [0.25, 0.3) is 0 Å². The third kappa shape index (κ3) is 4.99. The maximum absolute atomic E-state index is 12.2. The number of benzene rings is 1. The van der Waals surface area contributed by atoms with Crippen LogP contribution in [-0.2, 0) is 14.3 Å². The van der Waals surface area contributed by atoms with Gasteiger partial charge in [-0.1, -0.05) is 55.1 Å². The molecule has 1 N–H and O–H groups in total. The van der Waals surface area contributed by atoms with Gasteiger partial charge in [-0.05, 0) is 12.0 Å². The van der Waals surface area contributed by atoms with Crippen molar-refractivity contribution >= 4 is 52.7 Å². The monoisotopic (exact) mass is 382 g/mol. The Labute approximate surface area is 147 Å². The molecular weight excluding hydrogens is 371 g/mol. The number of carbonyl (C=O) groups is 3. The number of ether oxygens (including phenoxy) is 2. The SMILES string of the molecule is CCC(C)COC(=O)c1c(Cl)cc(Cl)c(Cl)c1OC(=O)C(=O)O. The molecule has 23 heavy (non-hydrogen) atoms. The Hall–Kier alpha value is -1.50. The molecule has 9 heteroatoms. The second-order valence-corrected chi connectivity index (χ2v) is 5.86. The molecule has 0 aromatic heterocycles. The predicted octanol–water partition coefficient (Wildman–Crippen LogP) is 3.84. The molecule has 0 saturated carbocycles. The summed E-state index contributed by atoms with van der Waals surface area (Å²) in [7, 11) is 0. The van der Waals surface area contributed by atoms with Crippen molar-refractivity contribution < 1.29 is 29.0 Å². The molecule has 0 spiro atoms. The molecule has 1 atom stereocenters. The highest BCUT2D eigenvalue weighted by Gasteiger charge is 2.27. The minimum Gasteiger partial charge on any atom is -0.473 e. The van der Waals surface area contributed by atoms with E-state index in [4.69, 9.17) is 44.6 Å². The second-order valence-electron chi connectivity index (χ2n) is 4.66. The summed E-state index contributed by atoms with van der Waals surface area (Å²) in [5.41, 5.74) is -0.362. The number of carboxylic acid groups (broad SMARTS) is 1. The Bertz CT molecular complexity index is 644. The Morgan fingerprint density at radius 3 is 2.35 bits per heavy atom. The maximum atomic E-state index is 12.2. The van der Waals surface area contributed by atoms with Gasteiger partial charge in [0.2, 0.25) is 0 Å². The van der Waals surface area contributed by atoms with Gasteiger partial charge >= 0.3 is 17.9 Å². The van der Waals surface area contributed by atoms with Crippen molar-refractivity contribution in [3.63, 3.8) is 0 Å². The van der Waals surface area contributed by atoms with Gasteiger partial charge in [0.25, 0.3) is 0 Å². The molecule has 6 nitrogen and oxygen atoms in total. The Balaban J connectivity index is 3.23. The Morgan fingerprint density at radius 1 is 1.22 bits per heavy atom. The number of esters is 2. The standard InChI is InChI=1S/C14H13Cl3O6/c1-3-6(2)5-22-13(20)9-7(15)4-8(16)10(17)11(9)23-14(21)12(18)19/h4,6H,3,5H2,1-2H3,(H,18,19). The van der Waals surface area contributed by atoms with Gasteiger partial charge in [-0.15, -0.1) is 0 Å². The Morgan fingerprint density at radius 2 is 1.83 bits per heavy atom. The van der Waals surface area contributed by atoms with Gasteiger partial charge in [0, 0.05) is 0 Å². The first-order valence-electron chi connectivity index (χ1n) is 6.48. The summed E-state index contributed by atoms with van der Waals surface area (Å²) in [6.45, 7) is 3.90. The van der Waals surface area contributed by atoms with Crippen molar-refractivity contribution in [3.05, 3.63) is 26.7 Å². The van der Waals surface area contributed by atoms with Crippen LogP contribution in [0.15, 0.2) is 6.07 Å². The van der Waals surface area contributed by atoms with Crippen LogP contribution in [-0.4, -0.2) is 29.6 Å². The molecule has 126 valence electrons. The van der Waals surface area contributed by atoms with Gasteiger partial charge in [-0.2, -0.15) is 0 Å². The Kier molecular flexibility index (Phi) is 7.12. The minimum atomic E-state index is -1.86. The van der Waals surface area contributed by atoms with Gasteiger partial charge < -0.3 is 14.6 Å². The molecule has 0 heterocycles. The van der Waals surface area contributed by atoms with Gasteiger partial charge in [0.1, 0.15) is 10.6 Å². The predicted molar refractivity (Wildman–Crippen MR) is 84.5 cm³/mol. The molecule has 0 amide bonds. The normalized spacial score (nSPS) is 11.7. The van der Waals surface area contributed by atoms with Crippen molar-refractivity contribution in [2.45, 2.75) is 20.3 Å². The average Bonchev–Trinajstić information content (AvgIpc) is 2.49. The zero-order chi connectivity index (χ0) is 17.7. The minimum absolute atomic E-state index is 0.102. The molecule has 0 saturated heterocycles. The summed E-state index contributed by atoms with van der Waals surface area (Å²) in [6.07, 6.45) is 0.781. The van der Waals surface area contributed by atoms with Gasteiger partial charge in [-0.3, -0.25) is 0 Å². The number of carboxylic acids is 1. The van der Waals surface area contributed by atoms with Crippen LogP contribution in [0.1, 0.15) is 30.6 Å². The van der Waals surface area contributed by atoms with Gasteiger partial charge in [-0.25, -0.2) is 14.4 Å². The third-order valence-electron chi connectivity index (χ3n) is 2.90. The summed E-state index contributed by atoms with van der Waals surface area (Å²) in [6, 6.07) is 1.17. The second kappa shape index (κ2) is 8.38. The van der Waals surface area contributed by atoms with Gasteiger partial charge in [0.05, 0.1) is 16.7 Å². The fraction of sp³-hybridized carbons (Fsp3) is 0.357. The number of rotatable bonds is 5. The lowest BCUT2D eigenvalue weighted by Crippen LogP contribution is -2.21. The van der Waals surface area contributed by atoms with Crippen molar-refractivity contribution in [1.82, 2.24) is 0 Å². The van der Waals surface area contributed by atoms with E-state index in [9.17, 15) is 14.4 Å². The lowest BCUT2D eigenvalue weighted by atomic mass is 10.1. The molecule has 0 bridgehead atoms. The molecule has 0 aliphatic rings. The first-order valence-corrected chi connectivity index (χ1v) is 7.62. The highest BCUT2D eigenvalue weighted by molar-refractivity contribution is 6.45. The highest BCUT2D eigenvalue weighted by Crippen LogP contribution is 2.40. The lowest BCUT2D eigenvalue weighted by Gasteiger charge is -2.14. The molecule has 0 radical (unpaired) electrons. The van der Waals surface area contributed by atoms with E-state index in [0.717, 1.165) is 6.42 Å². The first kappa shape index (κ1) is 19.5. The number of hydrogen-bond acceptors (Lipinski definition) is 5. The molecule has 0 aliphatic carbocycles. The average molecular weight is 384 g/mol. The summed E-state index contributed by atoms with van der Waals surface area (Å²) >= 11 is 17.6. The van der Waals surface area contributed by atoms with E-state index in [1.54, 1.807) is 0 Å². The fourth-order valence-electron chi connectivity index (χ4n) is 1.40. The van der Waals surface area contributed by atoms with E-state index in [1.807, 2.05) is 13.8 Å². The van der Waals surface area contributed by atoms with Crippen LogP contribution in [0, 0.1) is 5.92 Å². The largest absolute Gasteiger partial charge is 0.473 e. The van der Waals surface area contributed by atoms with E-state index < -0.39 is 23.7 Å². The fourth-order valence-corrected chi connectivity index (χ4v) is 2.11. The van der Waals surface area contributed by atoms with E-state index in [1.165, 1.54) is 6.07 Å². The smallest absolute Gasteiger partial charge is 0.422 e. The van der Waals surface area contributed by atoms with Crippen LogP contribution < -0.4 is 4.74 Å². The molecule has 1 unspecified atom stereocenters. The van der Waals surface area contributed by atoms with Crippen molar-refractivity contribution in [1.29, 1.82) is 0 Å². The van der Waals surface area contributed by atoms with E-state index in [0.29, 0.717) is 0 Å². The summed E-state index contributed by atoms with van der Waals surface area (Å²) in [5.74, 6) is -4.85. The lowest BCUT2D eigenvalue weighted by molar-refractivity contribution is -0.158. The first-order chi connectivity index (χ1) is 10.7. The van der Waals surface area contributed by atoms with Crippen LogP contribution in [0.4, 0.5) is 0 Å². The van der Waals surface area contributed by atoms with Crippen LogP contribution >= 0.6 is 34.8 Å². The van der Waals surface area contributed by atoms with Crippen LogP contribution in [0.2, 0.25) is 15.1 Å². The van der Waals surface area contributed by atoms with E-state index in [-0.39, 0.29) is 33.2 Å². The van der Waals surface area contributed by atoms with Crippen LogP contribution in [0.3, 0.4) is 0 Å². The summed E-state index contributed by atoms with van der Waals surface area (Å²) < 4.78 is 9.69. The van der Waals surface area contributed by atoms with Crippen LogP contribution in [0.5, 0.6) is 5.75 Å². The number of carbonyl (C=O) groups excluding carboxylic acids is 2. The molecule has 0 aliphatic heterocycles. The molecular formula is C14H13Cl3O6. The van der Waals surface area contributed by atoms with E-state index in [2.05, 4.69) is 4.74 Å². The quantitative estimate of drug-likeness (QED) is 0.359.